The first-order chi connectivity index (χ1) is 12.3. The number of amides is 2. The lowest BCUT2D eigenvalue weighted by atomic mass is 9.73. The number of carboxylic acid groups (broad SMARTS) is 1. The summed E-state index contributed by atoms with van der Waals surface area (Å²) in [7, 11) is 0. The van der Waals surface area contributed by atoms with Gasteiger partial charge in [-0.1, -0.05) is 30.3 Å². The topological polar surface area (TPSA) is 86.7 Å². The molecule has 0 bridgehead atoms. The van der Waals surface area contributed by atoms with Crippen LogP contribution in [0.4, 0.5) is 0 Å². The van der Waals surface area contributed by atoms with Crippen LogP contribution in [0.25, 0.3) is 0 Å². The number of hydrogen-bond donors (Lipinski definition) is 2. The van der Waals surface area contributed by atoms with Gasteiger partial charge in [-0.05, 0) is 38.7 Å². The van der Waals surface area contributed by atoms with E-state index in [1.165, 1.54) is 0 Å². The highest BCUT2D eigenvalue weighted by molar-refractivity contribution is 5.83. The highest BCUT2D eigenvalue weighted by Gasteiger charge is 2.43. The van der Waals surface area contributed by atoms with E-state index in [1.54, 1.807) is 4.90 Å². The standard InChI is InChI=1S/C20H28N2O4/c1-15(2)21-17(23)9-6-10-18(24)22-13-11-20(12-14-22,19(25)26)16-7-4-3-5-8-16/h3-5,7-8,15H,6,9-14H2,1-2H3,(H,21,23)(H,25,26). The van der Waals surface area contributed by atoms with Crippen LogP contribution in [0.15, 0.2) is 30.3 Å². The number of likely N-dealkylation sites (tertiary alicyclic amines) is 1. The maximum Gasteiger partial charge on any atom is 0.314 e. The number of carbonyl (C=O) groups is 3. The first-order valence-corrected chi connectivity index (χ1v) is 9.21. The first-order valence-electron chi connectivity index (χ1n) is 9.21. The van der Waals surface area contributed by atoms with Crippen molar-refractivity contribution in [1.29, 1.82) is 0 Å². The summed E-state index contributed by atoms with van der Waals surface area (Å²) in [4.78, 5) is 37.7. The van der Waals surface area contributed by atoms with Crippen molar-refractivity contribution in [2.45, 2.75) is 57.4 Å². The van der Waals surface area contributed by atoms with Gasteiger partial charge in [-0.25, -0.2) is 0 Å². The molecule has 1 saturated heterocycles. The van der Waals surface area contributed by atoms with Crippen molar-refractivity contribution in [2.24, 2.45) is 0 Å². The van der Waals surface area contributed by atoms with Crippen LogP contribution in [0.3, 0.4) is 0 Å². The maximum absolute atomic E-state index is 12.4. The molecular formula is C20H28N2O4. The fourth-order valence-corrected chi connectivity index (χ4v) is 3.47. The highest BCUT2D eigenvalue weighted by atomic mass is 16.4. The van der Waals surface area contributed by atoms with Gasteiger partial charge in [0, 0.05) is 32.0 Å². The Hall–Kier alpha value is -2.37. The van der Waals surface area contributed by atoms with Gasteiger partial charge in [-0.15, -0.1) is 0 Å². The predicted molar refractivity (Wildman–Crippen MR) is 98.7 cm³/mol. The summed E-state index contributed by atoms with van der Waals surface area (Å²) >= 11 is 0. The third-order valence-electron chi connectivity index (χ3n) is 4.95. The van der Waals surface area contributed by atoms with E-state index in [0.717, 1.165) is 5.56 Å². The second-order valence-corrected chi connectivity index (χ2v) is 7.21. The normalized spacial score (nSPS) is 16.3. The Balaban J connectivity index is 1.87. The molecule has 1 aromatic rings. The fraction of sp³-hybridized carbons (Fsp3) is 0.550. The molecule has 2 amide bonds. The Morgan fingerprint density at radius 3 is 2.27 bits per heavy atom. The minimum absolute atomic E-state index is 0.00519. The molecule has 6 nitrogen and oxygen atoms in total. The van der Waals surface area contributed by atoms with Gasteiger partial charge < -0.3 is 15.3 Å². The Labute approximate surface area is 154 Å². The predicted octanol–water partition coefficient (Wildman–Crippen LogP) is 2.33. The third kappa shape index (κ3) is 4.84. The zero-order chi connectivity index (χ0) is 19.2. The van der Waals surface area contributed by atoms with Crippen molar-refractivity contribution < 1.29 is 19.5 Å². The largest absolute Gasteiger partial charge is 0.481 e. The molecule has 0 radical (unpaired) electrons. The number of benzene rings is 1. The molecule has 6 heteroatoms. The molecule has 2 N–H and O–H groups in total. The van der Waals surface area contributed by atoms with E-state index < -0.39 is 11.4 Å². The summed E-state index contributed by atoms with van der Waals surface area (Å²) in [6, 6.07) is 9.35. The van der Waals surface area contributed by atoms with Crippen molar-refractivity contribution in [3.05, 3.63) is 35.9 Å². The Morgan fingerprint density at radius 1 is 1.12 bits per heavy atom. The molecule has 1 aromatic carbocycles. The molecule has 2 rings (SSSR count). The average Bonchev–Trinajstić information content (AvgIpc) is 2.61. The van der Waals surface area contributed by atoms with Gasteiger partial charge in [0.05, 0.1) is 5.41 Å². The monoisotopic (exact) mass is 360 g/mol. The van der Waals surface area contributed by atoms with Gasteiger partial charge in [0.25, 0.3) is 0 Å². The average molecular weight is 360 g/mol. The van der Waals surface area contributed by atoms with Crippen molar-refractivity contribution in [3.63, 3.8) is 0 Å². The second kappa shape index (κ2) is 8.83. The number of carbonyl (C=O) groups excluding carboxylic acids is 2. The molecule has 0 saturated carbocycles. The number of aliphatic carboxylic acids is 1. The molecule has 0 spiro atoms. The third-order valence-corrected chi connectivity index (χ3v) is 4.95. The van der Waals surface area contributed by atoms with Crippen LogP contribution in [0, 0.1) is 0 Å². The van der Waals surface area contributed by atoms with E-state index in [9.17, 15) is 19.5 Å². The lowest BCUT2D eigenvalue weighted by Crippen LogP contribution is -2.49. The van der Waals surface area contributed by atoms with Gasteiger partial charge in [-0.2, -0.15) is 0 Å². The van der Waals surface area contributed by atoms with Crippen molar-refractivity contribution in [3.8, 4) is 0 Å². The number of piperidine rings is 1. The molecule has 1 aliphatic rings. The van der Waals surface area contributed by atoms with Gasteiger partial charge in [0.1, 0.15) is 0 Å². The maximum atomic E-state index is 12.4. The van der Waals surface area contributed by atoms with Gasteiger partial charge in [0.2, 0.25) is 11.8 Å². The van der Waals surface area contributed by atoms with Crippen LogP contribution < -0.4 is 5.32 Å². The van der Waals surface area contributed by atoms with Gasteiger partial charge in [-0.3, -0.25) is 14.4 Å². The molecule has 0 atom stereocenters. The molecule has 26 heavy (non-hydrogen) atoms. The summed E-state index contributed by atoms with van der Waals surface area (Å²) in [5.41, 5.74) is -0.125. The van der Waals surface area contributed by atoms with E-state index in [1.807, 2.05) is 44.2 Å². The van der Waals surface area contributed by atoms with Crippen molar-refractivity contribution in [2.75, 3.05) is 13.1 Å². The van der Waals surface area contributed by atoms with E-state index >= 15 is 0 Å². The Kier molecular flexibility index (Phi) is 6.77. The zero-order valence-electron chi connectivity index (χ0n) is 15.5. The number of nitrogens with zero attached hydrogens (tertiary/aromatic N) is 1. The lowest BCUT2D eigenvalue weighted by molar-refractivity contribution is -0.148. The van der Waals surface area contributed by atoms with E-state index in [0.29, 0.717) is 45.2 Å². The molecule has 142 valence electrons. The van der Waals surface area contributed by atoms with Crippen LogP contribution in [0.2, 0.25) is 0 Å². The fourth-order valence-electron chi connectivity index (χ4n) is 3.47. The summed E-state index contributed by atoms with van der Waals surface area (Å²) in [6.45, 7) is 4.66. The van der Waals surface area contributed by atoms with E-state index in [4.69, 9.17) is 0 Å². The van der Waals surface area contributed by atoms with E-state index in [-0.39, 0.29) is 17.9 Å². The van der Waals surface area contributed by atoms with Crippen LogP contribution in [0.5, 0.6) is 0 Å². The second-order valence-electron chi connectivity index (χ2n) is 7.21. The van der Waals surface area contributed by atoms with Crippen molar-refractivity contribution in [1.82, 2.24) is 10.2 Å². The lowest BCUT2D eigenvalue weighted by Gasteiger charge is -2.39. The number of carboxylic acids is 1. The minimum Gasteiger partial charge on any atom is -0.481 e. The molecule has 0 aliphatic carbocycles. The van der Waals surface area contributed by atoms with Gasteiger partial charge >= 0.3 is 5.97 Å². The molecule has 1 heterocycles. The summed E-state index contributed by atoms with van der Waals surface area (Å²) in [5.74, 6) is -0.879. The minimum atomic E-state index is -0.921. The Bertz CT molecular complexity index is 634. The first kappa shape index (κ1) is 19.9. The molecule has 1 fully saturated rings. The molecule has 0 unspecified atom stereocenters. The van der Waals surface area contributed by atoms with Crippen molar-refractivity contribution >= 4 is 17.8 Å². The summed E-state index contributed by atoms with van der Waals surface area (Å²) < 4.78 is 0. The van der Waals surface area contributed by atoms with Crippen LogP contribution >= 0.6 is 0 Å². The molecule has 0 aromatic heterocycles. The highest BCUT2D eigenvalue weighted by Crippen LogP contribution is 2.36. The quantitative estimate of drug-likeness (QED) is 0.781. The molecule has 1 aliphatic heterocycles. The number of rotatable bonds is 7. The Morgan fingerprint density at radius 2 is 1.73 bits per heavy atom. The SMILES string of the molecule is CC(C)NC(=O)CCCC(=O)N1CCC(C(=O)O)(c2ccccc2)CC1. The molecular weight excluding hydrogens is 332 g/mol. The summed E-state index contributed by atoms with van der Waals surface area (Å²) in [5, 5.41) is 12.6. The van der Waals surface area contributed by atoms with Crippen LogP contribution in [0.1, 0.15) is 51.5 Å². The van der Waals surface area contributed by atoms with E-state index in [2.05, 4.69) is 5.32 Å². The number of nitrogens with one attached hydrogen (secondary N) is 1. The zero-order valence-corrected chi connectivity index (χ0v) is 15.5. The number of hydrogen-bond acceptors (Lipinski definition) is 3. The smallest absolute Gasteiger partial charge is 0.314 e. The van der Waals surface area contributed by atoms with Gasteiger partial charge in [0.15, 0.2) is 0 Å². The van der Waals surface area contributed by atoms with Crippen LogP contribution in [-0.2, 0) is 19.8 Å². The van der Waals surface area contributed by atoms with Crippen LogP contribution in [-0.4, -0.2) is 46.9 Å². The summed E-state index contributed by atoms with van der Waals surface area (Å²) in [6.07, 6.45) is 1.98.